The summed E-state index contributed by atoms with van der Waals surface area (Å²) in [5.41, 5.74) is 21.6. The third kappa shape index (κ3) is 45.2. The minimum atomic E-state index is -2.11. The number of nitrogens with zero attached hydrogens (tertiary/aromatic N) is 1. The maximum atomic E-state index is 14.4. The Morgan fingerprint density at radius 3 is 1.15 bits per heavy atom. The summed E-state index contributed by atoms with van der Waals surface area (Å²) < 4.78 is 0. The molecule has 57 heteroatoms. The first kappa shape index (κ1) is 127. The normalized spacial score (nSPS) is 17.1. The minimum Gasteiger partial charge on any atom is -0.481 e. The average Bonchev–Trinajstić information content (AvgIpc) is 1.67. The van der Waals surface area contributed by atoms with Gasteiger partial charge < -0.3 is 165 Å². The number of rotatable bonds is 67. The zero-order valence-electron chi connectivity index (χ0n) is 82.7. The number of carbonyl (C=O) groups excluding carboxylic acids is 22. The predicted octanol–water partition coefficient (Wildman–Crippen LogP) is -12.6. The van der Waals surface area contributed by atoms with E-state index in [9.17, 15) is 156 Å². The van der Waals surface area contributed by atoms with Crippen LogP contribution in [0.25, 0.3) is 0 Å². The Morgan fingerprint density at radius 1 is 0.368 bits per heavy atom. The van der Waals surface area contributed by atoms with Crippen molar-refractivity contribution in [3.05, 3.63) is 0 Å². The van der Waals surface area contributed by atoms with Crippen molar-refractivity contribution < 1.29 is 156 Å². The summed E-state index contributed by atoms with van der Waals surface area (Å²) in [6.45, 7) is 14.4. The number of amides is 22. The van der Waals surface area contributed by atoms with Gasteiger partial charge in [0, 0.05) is 25.1 Å². The summed E-state index contributed by atoms with van der Waals surface area (Å²) in [5, 5.41) is 115. The lowest BCUT2D eigenvalue weighted by molar-refractivity contribution is -0.144. The Morgan fingerprint density at radius 2 is 0.736 bits per heavy atom. The lowest BCUT2D eigenvalue weighted by Crippen LogP contribution is -2.62. The molecule has 2 saturated heterocycles. The van der Waals surface area contributed by atoms with E-state index in [4.69, 9.17) is 22.9 Å². The second kappa shape index (κ2) is 63.8. The summed E-state index contributed by atoms with van der Waals surface area (Å²) in [6.07, 6.45) is -6.08. The molecule has 2 aliphatic heterocycles. The van der Waals surface area contributed by atoms with Crippen LogP contribution in [0.5, 0.6) is 0 Å². The van der Waals surface area contributed by atoms with E-state index < -0.39 is 358 Å². The fourth-order valence-electron chi connectivity index (χ4n) is 14.7. The molecule has 812 valence electrons. The lowest BCUT2D eigenvalue weighted by atomic mass is 9.98. The minimum absolute atomic E-state index is 0.0689. The molecule has 0 saturated carbocycles. The first-order valence-corrected chi connectivity index (χ1v) is 47.8. The van der Waals surface area contributed by atoms with Gasteiger partial charge in [0.25, 0.3) is 0 Å². The maximum absolute atomic E-state index is 14.4. The summed E-state index contributed by atoms with van der Waals surface area (Å²) >= 11 is 4.25. The molecule has 2 aliphatic rings. The topological polar surface area (TPSA) is 904 Å². The van der Waals surface area contributed by atoms with Gasteiger partial charge >= 0.3 is 17.9 Å². The number of aliphatic hydroxyl groups excluding tert-OH is 4. The SMILES string of the molecule is CC(C)C[C@H](NC(=O)[C@H](CC(C)C)NC(=O)[C@H](CS)NC(=O)[C@@H](NC(=O)[C@@H](NC(=O)[C@H](CO)NC(=O)[C@H](C)NC(=O)[C@@H](NC(=O)CNC(=O)[C@H](CO)NC(=O)[C@H](CCCCN)NC(=O)[C@H](CC(C)C)NC(=O)[C@H](CCC(N)=O)NC(=O)[C@H](CCC(=O)O)NC(=O)[C@H](CC(=O)O)NC(=O)[C@H](CO)NC(=O)[C@@H]1CCCN1C(=O)[C@@H]1CCCN1)[C@@H](C)O)C(C)C)C(C)C)C(=O)N[C@@H](CC(N)=O)C(=O)N[C@@H](CC(N)=O)C(=O)O. The van der Waals surface area contributed by atoms with Gasteiger partial charge in [0.2, 0.25) is 130 Å². The van der Waals surface area contributed by atoms with Crippen molar-refractivity contribution in [2.75, 3.05) is 51.8 Å². The van der Waals surface area contributed by atoms with Crippen molar-refractivity contribution in [3.8, 4) is 0 Å². The first-order valence-electron chi connectivity index (χ1n) is 47.2. The van der Waals surface area contributed by atoms with Crippen molar-refractivity contribution in [1.82, 2.24) is 106 Å². The predicted molar refractivity (Wildman–Crippen MR) is 508 cm³/mol. The number of hydrogen-bond donors (Lipinski definition) is 31. The monoisotopic (exact) mass is 2070 g/mol. The molecule has 2 rings (SSSR count). The van der Waals surface area contributed by atoms with Gasteiger partial charge in [-0.1, -0.05) is 69.2 Å². The molecule has 56 nitrogen and oxygen atoms in total. The third-order valence-corrected chi connectivity index (χ3v) is 22.8. The highest BCUT2D eigenvalue weighted by Crippen LogP contribution is 2.23. The van der Waals surface area contributed by atoms with Crippen LogP contribution in [0.15, 0.2) is 0 Å². The summed E-state index contributed by atoms with van der Waals surface area (Å²) in [5.74, 6) is -32.2. The van der Waals surface area contributed by atoms with E-state index in [1.54, 1.807) is 41.5 Å². The molecule has 0 aromatic rings. The number of carboxylic acids is 3. The second-order valence-electron chi connectivity index (χ2n) is 36.9. The van der Waals surface area contributed by atoms with Crippen molar-refractivity contribution in [1.29, 1.82) is 0 Å². The molecule has 20 atom stereocenters. The number of hydrogen-bond acceptors (Lipinski definition) is 32. The standard InChI is InChI=1S/C87H146N24O32S/c1-38(2)27-49(98-73(128)46(20-22-60(89)116)96-72(127)47(21-23-64(120)121)97-78(133)53(32-65(122)123)102-79(134)56(35-113)106-82(137)59-19-16-26-111(59)86(141)48-18-15-25-92-48)74(129)95-45(17-13-14-24-88)71(126)105-55(34-112)70(125)93-33-63(119)108-68(44(12)115)85(140)94-43(11)69(124)104-57(36-114)80(135)109-67(42(9)10)84(139)110-66(41(7)8)83(138)107-58(37-144)81(136)100-51(29-40(5)6)75(130)99-50(28-39(3)4)76(131)101-52(30-61(90)117)77(132)103-54(87(142)143)31-62(91)118/h38-59,66-68,92,112-115,144H,13-37,88H2,1-12H3,(H2,89,116)(H2,90,117)(H2,91,118)(H,93,125)(H,94,140)(H,95,129)(H,96,127)(H,97,133)(H,98,128)(H,99,130)(H,100,136)(H,101,131)(H,102,134)(H,103,132)(H,104,124)(H,105,126)(H,106,137)(H,107,138)(H,108,119)(H,109,135)(H,110,139)(H,120,121)(H,122,123)(H,142,143)/t43-,44+,45-,46-,47-,48-,49-,50-,51-,52-,53-,54-,55-,56-,57-,58-,59-,66-,67-,68-/m0/s1. The number of aliphatic carboxylic acids is 3. The van der Waals surface area contributed by atoms with Crippen LogP contribution in [0.4, 0.5) is 0 Å². The Labute approximate surface area is 835 Å². The van der Waals surface area contributed by atoms with E-state index in [0.29, 0.717) is 25.8 Å². The van der Waals surface area contributed by atoms with Crippen LogP contribution in [-0.2, 0) is 120 Å². The fraction of sp³-hybridized carbons (Fsp3) is 0.713. The van der Waals surface area contributed by atoms with Crippen LogP contribution in [0, 0.1) is 29.6 Å². The first-order chi connectivity index (χ1) is 67.3. The van der Waals surface area contributed by atoms with E-state index in [2.05, 4.69) is 108 Å². The Hall–Kier alpha value is -13.1. The molecule has 0 aliphatic carbocycles. The highest BCUT2D eigenvalue weighted by Gasteiger charge is 2.44. The Balaban J connectivity index is 2.26. The van der Waals surface area contributed by atoms with Crippen LogP contribution in [0.2, 0.25) is 0 Å². The molecule has 34 N–H and O–H groups in total. The van der Waals surface area contributed by atoms with Gasteiger partial charge in [0.1, 0.15) is 109 Å². The van der Waals surface area contributed by atoms with E-state index in [0.717, 1.165) is 13.8 Å². The number of aliphatic hydroxyl groups is 4. The quantitative estimate of drug-likeness (QED) is 0.0199. The zero-order valence-corrected chi connectivity index (χ0v) is 83.5. The summed E-state index contributed by atoms with van der Waals surface area (Å²) in [7, 11) is 0. The zero-order chi connectivity index (χ0) is 110. The van der Waals surface area contributed by atoms with Crippen molar-refractivity contribution >= 4 is 160 Å². The second-order valence-corrected chi connectivity index (χ2v) is 37.3. The molecule has 0 radical (unpaired) electrons. The van der Waals surface area contributed by atoms with Gasteiger partial charge in [0.05, 0.1) is 57.8 Å². The number of thiol groups is 1. The summed E-state index contributed by atoms with van der Waals surface area (Å²) in [4.78, 5) is 336. The molecule has 2 fully saturated rings. The largest absolute Gasteiger partial charge is 0.481 e. The third-order valence-electron chi connectivity index (χ3n) is 22.5. The molecular formula is C87H146N24O32S. The molecule has 144 heavy (non-hydrogen) atoms. The number of carboxylic acid groups (broad SMARTS) is 3. The van der Waals surface area contributed by atoms with Crippen molar-refractivity contribution in [2.24, 2.45) is 52.5 Å². The lowest BCUT2D eigenvalue weighted by Gasteiger charge is -2.30. The summed E-state index contributed by atoms with van der Waals surface area (Å²) in [6, 6.07) is -31.2. The fourth-order valence-corrected chi connectivity index (χ4v) is 15.0. The number of primary amides is 3. The van der Waals surface area contributed by atoms with Crippen LogP contribution in [0.1, 0.15) is 192 Å². The van der Waals surface area contributed by atoms with Crippen molar-refractivity contribution in [3.63, 3.8) is 0 Å². The van der Waals surface area contributed by atoms with Gasteiger partial charge in [0.15, 0.2) is 0 Å². The molecule has 22 amide bonds. The number of likely N-dealkylation sites (tertiary alicyclic amines) is 1. The number of nitrogens with two attached hydrogens (primary N) is 4. The molecule has 0 bridgehead atoms. The molecule has 0 unspecified atom stereocenters. The van der Waals surface area contributed by atoms with Crippen LogP contribution in [-0.4, -0.2) is 361 Å². The van der Waals surface area contributed by atoms with E-state index in [1.165, 1.54) is 32.6 Å². The van der Waals surface area contributed by atoms with Gasteiger partial charge in [-0.2, -0.15) is 12.6 Å². The van der Waals surface area contributed by atoms with Crippen LogP contribution >= 0.6 is 12.6 Å². The molecule has 0 spiro atoms. The number of nitrogens with one attached hydrogen (secondary N) is 19. The highest BCUT2D eigenvalue weighted by atomic mass is 32.1. The van der Waals surface area contributed by atoms with Gasteiger partial charge in [-0.3, -0.25) is 115 Å². The number of unbranched alkanes of at least 4 members (excludes halogenated alkanes) is 1. The van der Waals surface area contributed by atoms with Crippen LogP contribution < -0.4 is 124 Å². The Kier molecular flexibility index (Phi) is 56.2. The number of carbonyl (C=O) groups is 25. The maximum Gasteiger partial charge on any atom is 0.326 e. The smallest absolute Gasteiger partial charge is 0.326 e. The van der Waals surface area contributed by atoms with Crippen LogP contribution in [0.3, 0.4) is 0 Å². The molecule has 0 aromatic carbocycles. The molecular weight excluding hydrogens is 1930 g/mol. The van der Waals surface area contributed by atoms with E-state index in [1.807, 2.05) is 5.32 Å². The average molecular weight is 2070 g/mol. The van der Waals surface area contributed by atoms with Crippen molar-refractivity contribution in [2.45, 2.75) is 313 Å². The van der Waals surface area contributed by atoms with Gasteiger partial charge in [-0.05, 0) is 134 Å². The van der Waals surface area contributed by atoms with E-state index in [-0.39, 0.29) is 75.8 Å². The van der Waals surface area contributed by atoms with E-state index >= 15 is 0 Å². The molecule has 0 aromatic heterocycles. The highest BCUT2D eigenvalue weighted by molar-refractivity contribution is 7.80. The molecule has 2 heterocycles. The van der Waals surface area contributed by atoms with Gasteiger partial charge in [-0.25, -0.2) is 4.79 Å². The van der Waals surface area contributed by atoms with Gasteiger partial charge in [-0.15, -0.1) is 0 Å². The Bertz CT molecular complexity index is 4480.